The van der Waals surface area contributed by atoms with Gasteiger partial charge in [0, 0.05) is 19.4 Å². The minimum Gasteiger partial charge on any atom is -0.388 e. The lowest BCUT2D eigenvalue weighted by atomic mass is 10.1. The molecule has 0 saturated carbocycles. The number of hydrogen-bond acceptors (Lipinski definition) is 3. The molecule has 0 aromatic rings. The van der Waals surface area contributed by atoms with Crippen molar-refractivity contribution in [1.29, 1.82) is 5.41 Å². The summed E-state index contributed by atoms with van der Waals surface area (Å²) in [5, 5.41) is 13.5. The summed E-state index contributed by atoms with van der Waals surface area (Å²) < 4.78 is 0. The molecule has 6 nitrogen and oxygen atoms in total. The normalized spacial score (nSPS) is 12.5. The molecule has 0 bridgehead atoms. The summed E-state index contributed by atoms with van der Waals surface area (Å²) in [6, 6.07) is -0.556. The van der Waals surface area contributed by atoms with E-state index in [9.17, 15) is 9.59 Å². The summed E-state index contributed by atoms with van der Waals surface area (Å²) >= 11 is 0. The number of allylic oxidation sites excluding steroid dienone is 8. The van der Waals surface area contributed by atoms with Gasteiger partial charge in [-0.05, 0) is 89.9 Å². The number of carbonyl (C=O) groups is 2. The lowest BCUT2D eigenvalue weighted by Crippen LogP contribution is -2.47. The predicted octanol–water partition coefficient (Wildman–Crippen LogP) is 11.3. The molecular weight excluding hydrogens is 592 g/mol. The largest absolute Gasteiger partial charge is 0.388 e. The Morgan fingerprint density at radius 1 is 0.562 bits per heavy atom. The Bertz CT molecular complexity index is 877. The van der Waals surface area contributed by atoms with Gasteiger partial charge in [-0.3, -0.25) is 15.0 Å². The third kappa shape index (κ3) is 34.7. The van der Waals surface area contributed by atoms with Crippen molar-refractivity contribution in [2.45, 2.75) is 193 Å². The Kier molecular flexibility index (Phi) is 35.2. The van der Waals surface area contributed by atoms with Crippen LogP contribution in [0.25, 0.3) is 0 Å². The van der Waals surface area contributed by atoms with Gasteiger partial charge in [-0.25, -0.2) is 0 Å². The van der Waals surface area contributed by atoms with Crippen LogP contribution < -0.4 is 16.4 Å². The molecule has 0 saturated heterocycles. The first-order chi connectivity index (χ1) is 23.5. The second kappa shape index (κ2) is 37.2. The molecule has 5 N–H and O–H groups in total. The zero-order valence-electron chi connectivity index (χ0n) is 31.4. The number of hydrogen-bond donors (Lipinski definition) is 4. The third-order valence-electron chi connectivity index (χ3n) is 8.62. The van der Waals surface area contributed by atoms with Gasteiger partial charge in [-0.15, -0.1) is 0 Å². The minimum absolute atomic E-state index is 0.0580. The van der Waals surface area contributed by atoms with Gasteiger partial charge < -0.3 is 16.4 Å². The van der Waals surface area contributed by atoms with Crippen LogP contribution in [0.4, 0.5) is 0 Å². The molecule has 0 spiro atoms. The smallest absolute Gasteiger partial charge is 0.242 e. The molecule has 0 aliphatic rings. The van der Waals surface area contributed by atoms with E-state index < -0.39 is 6.04 Å². The molecule has 1 atom stereocenters. The second-order valence-electron chi connectivity index (χ2n) is 13.4. The monoisotopic (exact) mass is 669 g/mol. The van der Waals surface area contributed by atoms with Gasteiger partial charge in [0.2, 0.25) is 11.8 Å². The molecule has 1 unspecified atom stereocenters. The molecule has 0 rings (SSSR count). The molecule has 276 valence electrons. The summed E-state index contributed by atoms with van der Waals surface area (Å²) in [5.41, 5.74) is 5.52. The van der Waals surface area contributed by atoms with E-state index in [0.717, 1.165) is 57.8 Å². The van der Waals surface area contributed by atoms with Crippen molar-refractivity contribution in [3.05, 3.63) is 48.6 Å². The lowest BCUT2D eigenvalue weighted by Gasteiger charge is -2.18. The maximum Gasteiger partial charge on any atom is 0.242 e. The summed E-state index contributed by atoms with van der Waals surface area (Å²) in [5.74, 6) is -0.0566. The Labute approximate surface area is 296 Å². The maximum absolute atomic E-state index is 12.9. The second-order valence-corrected chi connectivity index (χ2v) is 13.4. The van der Waals surface area contributed by atoms with E-state index in [-0.39, 0.29) is 17.6 Å². The maximum atomic E-state index is 12.9. The zero-order valence-corrected chi connectivity index (χ0v) is 31.4. The van der Waals surface area contributed by atoms with E-state index in [4.69, 9.17) is 11.1 Å². The van der Waals surface area contributed by atoms with Crippen LogP contribution in [0.15, 0.2) is 48.6 Å². The molecule has 0 fully saturated rings. The Morgan fingerprint density at radius 2 is 1.00 bits per heavy atom. The van der Waals surface area contributed by atoms with Gasteiger partial charge in [-0.1, -0.05) is 133 Å². The van der Waals surface area contributed by atoms with Gasteiger partial charge in [0.15, 0.2) is 0 Å². The Hall–Kier alpha value is -2.63. The van der Waals surface area contributed by atoms with E-state index in [1.165, 1.54) is 89.9 Å². The van der Waals surface area contributed by atoms with Crippen molar-refractivity contribution in [2.24, 2.45) is 5.73 Å². The van der Waals surface area contributed by atoms with E-state index in [1.807, 2.05) is 0 Å². The molecule has 0 aromatic heterocycles. The highest BCUT2D eigenvalue weighted by atomic mass is 16.2. The number of unbranched alkanes of at least 4 members (excludes halogenated alkanes) is 17. The highest BCUT2D eigenvalue weighted by molar-refractivity contribution is 5.87. The molecule has 6 heteroatoms. The van der Waals surface area contributed by atoms with Gasteiger partial charge >= 0.3 is 0 Å². The lowest BCUT2D eigenvalue weighted by molar-refractivity contribution is -0.129. The summed E-state index contributed by atoms with van der Waals surface area (Å²) in [6.07, 6.45) is 47.3. The van der Waals surface area contributed by atoms with Gasteiger partial charge in [0.05, 0.1) is 5.84 Å². The van der Waals surface area contributed by atoms with Crippen molar-refractivity contribution < 1.29 is 9.59 Å². The summed E-state index contributed by atoms with van der Waals surface area (Å²) in [4.78, 5) is 25.5. The van der Waals surface area contributed by atoms with Crippen LogP contribution >= 0.6 is 0 Å². The first-order valence-corrected chi connectivity index (χ1v) is 20.0. The molecule has 0 radical (unpaired) electrons. The van der Waals surface area contributed by atoms with Crippen molar-refractivity contribution in [2.75, 3.05) is 6.54 Å². The average molecular weight is 669 g/mol. The standard InChI is InChI=1S/C42H76N4O2/c1-3-5-7-9-11-13-15-17-19-21-23-25-27-29-31-33-38-45-42(48)39(35-34-36-40(43)44)46-41(47)37-32-30-28-26-24-22-20-18-16-14-12-10-8-6-4-2/h11-14,17-20,39H,3-10,15-16,21-38H2,1-2H3,(H3,43,44)(H,45,48)(H,46,47)/b13-11-,14-12-,19-17-,20-18-. The number of nitrogens with one attached hydrogen (secondary N) is 3. The SMILES string of the molecule is CCCCC/C=C\C/C=C\CCCCCCCCNC(=O)C(CCCC(=N)N)NC(=O)CCCCCCC/C=C\C/C=C\CCCCC. The number of rotatable bonds is 35. The fourth-order valence-corrected chi connectivity index (χ4v) is 5.58. The van der Waals surface area contributed by atoms with E-state index in [1.54, 1.807) is 0 Å². The minimum atomic E-state index is -0.556. The van der Waals surface area contributed by atoms with Gasteiger partial charge in [-0.2, -0.15) is 0 Å². The topological polar surface area (TPSA) is 108 Å². The highest BCUT2D eigenvalue weighted by Crippen LogP contribution is 2.11. The Morgan fingerprint density at radius 3 is 1.48 bits per heavy atom. The van der Waals surface area contributed by atoms with Gasteiger partial charge in [0.25, 0.3) is 0 Å². The summed E-state index contributed by atoms with van der Waals surface area (Å²) in [7, 11) is 0. The first-order valence-electron chi connectivity index (χ1n) is 20.0. The molecule has 0 heterocycles. The molecular formula is C42H76N4O2. The van der Waals surface area contributed by atoms with Crippen LogP contribution in [0.1, 0.15) is 187 Å². The van der Waals surface area contributed by atoms with Crippen LogP contribution in [0.2, 0.25) is 0 Å². The molecule has 2 amide bonds. The van der Waals surface area contributed by atoms with Crippen molar-refractivity contribution in [3.63, 3.8) is 0 Å². The zero-order chi connectivity index (χ0) is 35.2. The molecule has 48 heavy (non-hydrogen) atoms. The molecule has 0 aliphatic heterocycles. The third-order valence-corrected chi connectivity index (χ3v) is 8.62. The molecule has 0 aliphatic carbocycles. The average Bonchev–Trinajstić information content (AvgIpc) is 3.07. The highest BCUT2D eigenvalue weighted by Gasteiger charge is 2.20. The number of nitrogens with two attached hydrogens (primary N) is 1. The Balaban J connectivity index is 4.01. The quantitative estimate of drug-likeness (QED) is 0.0233. The van der Waals surface area contributed by atoms with Crippen molar-refractivity contribution in [1.82, 2.24) is 10.6 Å². The van der Waals surface area contributed by atoms with Crippen LogP contribution in [-0.2, 0) is 9.59 Å². The fraction of sp³-hybridized carbons (Fsp3) is 0.738. The van der Waals surface area contributed by atoms with Crippen LogP contribution in [0.3, 0.4) is 0 Å². The first kappa shape index (κ1) is 45.4. The molecule has 0 aromatic carbocycles. The van der Waals surface area contributed by atoms with Crippen LogP contribution in [0.5, 0.6) is 0 Å². The van der Waals surface area contributed by atoms with Gasteiger partial charge in [0.1, 0.15) is 6.04 Å². The number of amidine groups is 1. The van der Waals surface area contributed by atoms with Crippen molar-refractivity contribution in [3.8, 4) is 0 Å². The number of carbonyl (C=O) groups excluding carboxylic acids is 2. The van der Waals surface area contributed by atoms with Crippen LogP contribution in [0, 0.1) is 5.41 Å². The fourth-order valence-electron chi connectivity index (χ4n) is 5.58. The summed E-state index contributed by atoms with van der Waals surface area (Å²) in [6.45, 7) is 5.12. The van der Waals surface area contributed by atoms with Crippen LogP contribution in [-0.4, -0.2) is 30.2 Å². The van der Waals surface area contributed by atoms with E-state index in [0.29, 0.717) is 32.2 Å². The van der Waals surface area contributed by atoms with Crippen molar-refractivity contribution >= 4 is 17.6 Å². The van der Waals surface area contributed by atoms with E-state index >= 15 is 0 Å². The number of amides is 2. The predicted molar refractivity (Wildman–Crippen MR) is 209 cm³/mol. The van der Waals surface area contributed by atoms with E-state index in [2.05, 4.69) is 73.1 Å².